The van der Waals surface area contributed by atoms with Crippen LogP contribution in [0, 0.1) is 5.92 Å². The molecule has 0 radical (unpaired) electrons. The molecule has 5 nitrogen and oxygen atoms in total. The van der Waals surface area contributed by atoms with Crippen molar-refractivity contribution in [3.05, 3.63) is 35.9 Å². The zero-order valence-corrected chi connectivity index (χ0v) is 11.2. The fraction of sp³-hybridized carbons (Fsp3) is 0.429. The first-order chi connectivity index (χ1) is 8.91. The first-order valence-corrected chi connectivity index (χ1v) is 6.24. The lowest BCUT2D eigenvalue weighted by Crippen LogP contribution is -2.51. The molecule has 0 aliphatic heterocycles. The molecule has 0 spiro atoms. The van der Waals surface area contributed by atoms with Gasteiger partial charge in [0.2, 0.25) is 5.91 Å². The summed E-state index contributed by atoms with van der Waals surface area (Å²) < 4.78 is 0. The molecule has 5 heteroatoms. The predicted molar refractivity (Wildman–Crippen MR) is 72.5 cm³/mol. The van der Waals surface area contributed by atoms with E-state index in [1.165, 1.54) is 0 Å². The second kappa shape index (κ2) is 6.89. The Labute approximate surface area is 112 Å². The van der Waals surface area contributed by atoms with Crippen LogP contribution in [0.2, 0.25) is 0 Å². The molecule has 1 rings (SSSR count). The Hall–Kier alpha value is -1.88. The van der Waals surface area contributed by atoms with Gasteiger partial charge in [-0.1, -0.05) is 44.2 Å². The third-order valence-electron chi connectivity index (χ3n) is 2.87. The van der Waals surface area contributed by atoms with Gasteiger partial charge < -0.3 is 16.2 Å². The van der Waals surface area contributed by atoms with Crippen molar-refractivity contribution in [2.24, 2.45) is 11.7 Å². The summed E-state index contributed by atoms with van der Waals surface area (Å²) in [6, 6.07) is 7.72. The van der Waals surface area contributed by atoms with E-state index in [-0.39, 0.29) is 5.92 Å². The van der Waals surface area contributed by atoms with Gasteiger partial charge >= 0.3 is 5.97 Å². The number of hydrogen-bond donors (Lipinski definition) is 3. The summed E-state index contributed by atoms with van der Waals surface area (Å²) in [5, 5.41) is 11.5. The van der Waals surface area contributed by atoms with Crippen LogP contribution in [0.5, 0.6) is 0 Å². The number of carboxylic acid groups (broad SMARTS) is 1. The summed E-state index contributed by atoms with van der Waals surface area (Å²) in [4.78, 5) is 22.9. The molecule has 4 N–H and O–H groups in total. The minimum Gasteiger partial charge on any atom is -0.480 e. The molecule has 0 saturated carbocycles. The van der Waals surface area contributed by atoms with Crippen molar-refractivity contribution in [2.75, 3.05) is 0 Å². The maximum Gasteiger partial charge on any atom is 0.326 e. The van der Waals surface area contributed by atoms with Gasteiger partial charge in [0.25, 0.3) is 0 Å². The lowest BCUT2D eigenvalue weighted by molar-refractivity contribution is -0.143. The summed E-state index contributed by atoms with van der Waals surface area (Å²) in [6.07, 6.45) is 0.386. The lowest BCUT2D eigenvalue weighted by Gasteiger charge is -2.20. The van der Waals surface area contributed by atoms with Crippen LogP contribution < -0.4 is 11.1 Å². The van der Waals surface area contributed by atoms with Crippen LogP contribution in [0.3, 0.4) is 0 Å². The van der Waals surface area contributed by atoms with E-state index in [0.717, 1.165) is 5.56 Å². The van der Waals surface area contributed by atoms with Crippen molar-refractivity contribution in [3.63, 3.8) is 0 Å². The molecule has 2 atom stereocenters. The van der Waals surface area contributed by atoms with Crippen LogP contribution in [0.25, 0.3) is 0 Å². The molecule has 1 aromatic carbocycles. The van der Waals surface area contributed by atoms with Gasteiger partial charge in [-0.2, -0.15) is 0 Å². The average molecular weight is 264 g/mol. The molecule has 0 aliphatic carbocycles. The lowest BCUT2D eigenvalue weighted by atomic mass is 10.0. The Bertz CT molecular complexity index is 432. The minimum absolute atomic E-state index is 0.189. The molecule has 0 heterocycles. The maximum atomic E-state index is 11.9. The van der Waals surface area contributed by atoms with E-state index in [0.29, 0.717) is 6.42 Å². The zero-order valence-electron chi connectivity index (χ0n) is 11.2. The van der Waals surface area contributed by atoms with Gasteiger partial charge in [0, 0.05) is 0 Å². The van der Waals surface area contributed by atoms with Crippen molar-refractivity contribution in [1.29, 1.82) is 0 Å². The van der Waals surface area contributed by atoms with Crippen LogP contribution in [0.1, 0.15) is 19.4 Å². The highest BCUT2D eigenvalue weighted by Crippen LogP contribution is 2.05. The van der Waals surface area contributed by atoms with Crippen molar-refractivity contribution in [3.8, 4) is 0 Å². The van der Waals surface area contributed by atoms with Gasteiger partial charge in [-0.3, -0.25) is 4.79 Å². The van der Waals surface area contributed by atoms with Gasteiger partial charge in [0.15, 0.2) is 0 Å². The highest BCUT2D eigenvalue weighted by Gasteiger charge is 2.25. The fourth-order valence-electron chi connectivity index (χ4n) is 1.73. The molecule has 0 saturated heterocycles. The molecule has 0 bridgehead atoms. The Balaban J connectivity index is 2.60. The predicted octanol–water partition coefficient (Wildman–Crippen LogP) is 0.782. The number of benzene rings is 1. The standard InChI is InChI=1S/C14H20N2O3/c1-9(2)12(14(18)19)16-13(17)11(15)8-10-6-4-3-5-7-10/h3-7,9,11-12H,8,15H2,1-2H3,(H,16,17)(H,18,19)/t11-,12+/m0/s1. The van der Waals surface area contributed by atoms with E-state index in [2.05, 4.69) is 5.32 Å². The van der Waals surface area contributed by atoms with Crippen LogP contribution in [-0.4, -0.2) is 29.1 Å². The van der Waals surface area contributed by atoms with E-state index in [9.17, 15) is 9.59 Å². The summed E-state index contributed by atoms with van der Waals surface area (Å²) in [7, 11) is 0. The van der Waals surface area contributed by atoms with Gasteiger partial charge in [-0.25, -0.2) is 4.79 Å². The van der Waals surface area contributed by atoms with Crippen LogP contribution in [0.4, 0.5) is 0 Å². The molecule has 0 unspecified atom stereocenters. The highest BCUT2D eigenvalue weighted by atomic mass is 16.4. The molecule has 1 amide bonds. The van der Waals surface area contributed by atoms with Crippen LogP contribution in [0.15, 0.2) is 30.3 Å². The minimum atomic E-state index is -1.05. The number of amides is 1. The molecule has 19 heavy (non-hydrogen) atoms. The summed E-state index contributed by atoms with van der Waals surface area (Å²) in [5.74, 6) is -1.68. The van der Waals surface area contributed by atoms with E-state index in [1.54, 1.807) is 13.8 Å². The van der Waals surface area contributed by atoms with Crippen molar-refractivity contribution in [1.82, 2.24) is 5.32 Å². The van der Waals surface area contributed by atoms with Gasteiger partial charge in [-0.15, -0.1) is 0 Å². The molecule has 1 aromatic rings. The van der Waals surface area contributed by atoms with Gasteiger partial charge in [0.1, 0.15) is 6.04 Å². The smallest absolute Gasteiger partial charge is 0.326 e. The molecular weight excluding hydrogens is 244 g/mol. The first-order valence-electron chi connectivity index (χ1n) is 6.24. The van der Waals surface area contributed by atoms with E-state index >= 15 is 0 Å². The number of aliphatic carboxylic acids is 1. The third kappa shape index (κ3) is 4.71. The summed E-state index contributed by atoms with van der Waals surface area (Å²) >= 11 is 0. The average Bonchev–Trinajstić information content (AvgIpc) is 2.35. The Kier molecular flexibility index (Phi) is 5.51. The zero-order chi connectivity index (χ0) is 14.4. The fourth-order valence-corrected chi connectivity index (χ4v) is 1.73. The number of carbonyl (C=O) groups excluding carboxylic acids is 1. The topological polar surface area (TPSA) is 92.4 Å². The van der Waals surface area contributed by atoms with Gasteiger partial charge in [-0.05, 0) is 17.9 Å². The second-order valence-corrected chi connectivity index (χ2v) is 4.86. The summed E-state index contributed by atoms with van der Waals surface area (Å²) in [5.41, 5.74) is 6.74. The summed E-state index contributed by atoms with van der Waals surface area (Å²) in [6.45, 7) is 3.48. The SMILES string of the molecule is CC(C)[C@@H](NC(=O)[C@@H](N)Cc1ccccc1)C(=O)O. The largest absolute Gasteiger partial charge is 0.480 e. The number of nitrogens with one attached hydrogen (secondary N) is 1. The number of carbonyl (C=O) groups is 2. The van der Waals surface area contributed by atoms with Crippen LogP contribution in [-0.2, 0) is 16.0 Å². The van der Waals surface area contributed by atoms with Crippen molar-refractivity contribution >= 4 is 11.9 Å². The van der Waals surface area contributed by atoms with E-state index < -0.39 is 24.0 Å². The third-order valence-corrected chi connectivity index (χ3v) is 2.87. The molecule has 0 fully saturated rings. The second-order valence-electron chi connectivity index (χ2n) is 4.86. The van der Waals surface area contributed by atoms with Gasteiger partial charge in [0.05, 0.1) is 6.04 Å². The van der Waals surface area contributed by atoms with Crippen molar-refractivity contribution in [2.45, 2.75) is 32.4 Å². The molecule has 104 valence electrons. The maximum absolute atomic E-state index is 11.9. The number of carboxylic acids is 1. The number of nitrogens with two attached hydrogens (primary N) is 1. The first kappa shape index (κ1) is 15.2. The Morgan fingerprint density at radius 1 is 1.26 bits per heavy atom. The molecule has 0 aromatic heterocycles. The van der Waals surface area contributed by atoms with Crippen LogP contribution >= 0.6 is 0 Å². The Morgan fingerprint density at radius 2 is 1.84 bits per heavy atom. The highest BCUT2D eigenvalue weighted by molar-refractivity contribution is 5.87. The van der Waals surface area contributed by atoms with Crippen molar-refractivity contribution < 1.29 is 14.7 Å². The monoisotopic (exact) mass is 264 g/mol. The van der Waals surface area contributed by atoms with E-state index in [1.807, 2.05) is 30.3 Å². The molecule has 0 aliphatic rings. The number of rotatable bonds is 6. The number of hydrogen-bond acceptors (Lipinski definition) is 3. The normalized spacial score (nSPS) is 13.9. The van der Waals surface area contributed by atoms with E-state index in [4.69, 9.17) is 10.8 Å². The quantitative estimate of drug-likeness (QED) is 0.708. The Morgan fingerprint density at radius 3 is 2.32 bits per heavy atom. The molecular formula is C14H20N2O3.